The highest BCUT2D eigenvalue weighted by atomic mass is 35.5. The van der Waals surface area contributed by atoms with Crippen LogP contribution in [0.3, 0.4) is 0 Å². The molecule has 1 atom stereocenters. The molecule has 0 saturated carbocycles. The van der Waals surface area contributed by atoms with Crippen molar-refractivity contribution in [2.24, 2.45) is 0 Å². The fraction of sp³-hybridized carbons (Fsp3) is 0.333. The van der Waals surface area contributed by atoms with Crippen molar-refractivity contribution in [3.63, 3.8) is 0 Å². The van der Waals surface area contributed by atoms with Crippen LogP contribution in [-0.4, -0.2) is 33.7 Å². The fourth-order valence-corrected chi connectivity index (χ4v) is 2.45. The van der Waals surface area contributed by atoms with Crippen molar-refractivity contribution in [1.29, 1.82) is 0 Å². The number of nitrogens with zero attached hydrogens (tertiary/aromatic N) is 1. The molecule has 0 bridgehead atoms. The number of carbonyl (C=O) groups is 2. The Bertz CT molecular complexity index is 567. The van der Waals surface area contributed by atoms with Gasteiger partial charge in [-0.2, -0.15) is 0 Å². The van der Waals surface area contributed by atoms with Gasteiger partial charge in [-0.25, -0.2) is 4.79 Å². The molecular formula is C12H13ClN2O5S. The number of thioether (sulfide) groups is 1. The molecule has 1 aromatic rings. The Morgan fingerprint density at radius 2 is 2.19 bits per heavy atom. The first-order chi connectivity index (χ1) is 9.85. The molecule has 7 nitrogen and oxygen atoms in total. The standard InChI is InChI=1S/C12H13ClN2O5S/c1-2-8(12(17)18)14-11(16)6-21-10-4-3-7(13)5-9(10)15(19)20/h3-5,8H,2,6H2,1H3,(H,14,16)(H,17,18). The molecule has 0 heterocycles. The molecule has 0 aliphatic carbocycles. The Balaban J connectivity index is 2.69. The quantitative estimate of drug-likeness (QED) is 0.450. The number of nitrogens with one attached hydrogen (secondary N) is 1. The minimum Gasteiger partial charge on any atom is -0.480 e. The molecule has 2 N–H and O–H groups in total. The Hall–Kier alpha value is -1.80. The maximum absolute atomic E-state index is 11.6. The lowest BCUT2D eigenvalue weighted by molar-refractivity contribution is -0.387. The summed E-state index contributed by atoms with van der Waals surface area (Å²) < 4.78 is 0. The van der Waals surface area contributed by atoms with Gasteiger partial charge in [-0.05, 0) is 18.6 Å². The van der Waals surface area contributed by atoms with Crippen LogP contribution in [-0.2, 0) is 9.59 Å². The minimum absolute atomic E-state index is 0.119. The van der Waals surface area contributed by atoms with Gasteiger partial charge in [0, 0.05) is 11.1 Å². The monoisotopic (exact) mass is 332 g/mol. The number of nitro benzene ring substituents is 1. The van der Waals surface area contributed by atoms with Crippen LogP contribution in [0.15, 0.2) is 23.1 Å². The summed E-state index contributed by atoms with van der Waals surface area (Å²) in [6, 6.07) is 3.18. The Kier molecular flexibility index (Phi) is 6.44. The van der Waals surface area contributed by atoms with E-state index < -0.39 is 22.8 Å². The first kappa shape index (κ1) is 17.3. The number of hydrogen-bond acceptors (Lipinski definition) is 5. The summed E-state index contributed by atoms with van der Waals surface area (Å²) in [7, 11) is 0. The highest BCUT2D eigenvalue weighted by Crippen LogP contribution is 2.31. The number of carboxylic acid groups (broad SMARTS) is 1. The van der Waals surface area contributed by atoms with Gasteiger partial charge in [0.2, 0.25) is 5.91 Å². The van der Waals surface area contributed by atoms with Crippen LogP contribution in [0.4, 0.5) is 5.69 Å². The van der Waals surface area contributed by atoms with E-state index in [-0.39, 0.29) is 22.9 Å². The molecule has 21 heavy (non-hydrogen) atoms. The normalized spacial score (nSPS) is 11.7. The lowest BCUT2D eigenvalue weighted by atomic mass is 10.2. The van der Waals surface area contributed by atoms with E-state index in [1.54, 1.807) is 6.92 Å². The molecule has 0 spiro atoms. The third kappa shape index (κ3) is 5.24. The highest BCUT2D eigenvalue weighted by molar-refractivity contribution is 8.00. The van der Waals surface area contributed by atoms with Gasteiger partial charge in [0.1, 0.15) is 6.04 Å². The molecule has 0 radical (unpaired) electrons. The number of benzene rings is 1. The number of halogens is 1. The summed E-state index contributed by atoms with van der Waals surface area (Å²) in [5.41, 5.74) is -0.189. The number of aliphatic carboxylic acids is 1. The first-order valence-electron chi connectivity index (χ1n) is 5.94. The van der Waals surface area contributed by atoms with Crippen LogP contribution in [0.5, 0.6) is 0 Å². The molecule has 114 valence electrons. The smallest absolute Gasteiger partial charge is 0.326 e. The average molecular weight is 333 g/mol. The van der Waals surface area contributed by atoms with Gasteiger partial charge in [0.25, 0.3) is 5.69 Å². The van der Waals surface area contributed by atoms with Crippen LogP contribution in [0.25, 0.3) is 0 Å². The molecule has 1 aromatic carbocycles. The molecule has 0 saturated heterocycles. The number of hydrogen-bond donors (Lipinski definition) is 2. The van der Waals surface area contributed by atoms with Gasteiger partial charge in [-0.3, -0.25) is 14.9 Å². The molecule has 0 fully saturated rings. The third-order valence-electron chi connectivity index (χ3n) is 2.52. The predicted molar refractivity (Wildman–Crippen MR) is 78.7 cm³/mol. The molecule has 9 heteroatoms. The maximum atomic E-state index is 11.6. The number of carboxylic acids is 1. The van der Waals surface area contributed by atoms with Crippen LogP contribution < -0.4 is 5.32 Å². The zero-order valence-corrected chi connectivity index (χ0v) is 12.6. The number of amides is 1. The van der Waals surface area contributed by atoms with Gasteiger partial charge < -0.3 is 10.4 Å². The van der Waals surface area contributed by atoms with Crippen molar-refractivity contribution in [3.05, 3.63) is 33.3 Å². The summed E-state index contributed by atoms with van der Waals surface area (Å²) >= 11 is 6.64. The summed E-state index contributed by atoms with van der Waals surface area (Å²) in [6.07, 6.45) is 0.257. The van der Waals surface area contributed by atoms with E-state index in [0.717, 1.165) is 11.8 Å². The molecule has 0 aliphatic heterocycles. The number of nitro groups is 1. The van der Waals surface area contributed by atoms with Crippen molar-refractivity contribution in [2.75, 3.05) is 5.75 Å². The Morgan fingerprint density at radius 1 is 1.52 bits per heavy atom. The van der Waals surface area contributed by atoms with Crippen LogP contribution in [0.1, 0.15) is 13.3 Å². The second-order valence-electron chi connectivity index (χ2n) is 4.02. The van der Waals surface area contributed by atoms with Gasteiger partial charge in [-0.1, -0.05) is 18.5 Å². The lowest BCUT2D eigenvalue weighted by Gasteiger charge is -2.11. The van der Waals surface area contributed by atoms with E-state index >= 15 is 0 Å². The molecule has 0 aliphatic rings. The molecule has 1 unspecified atom stereocenters. The first-order valence-corrected chi connectivity index (χ1v) is 7.30. The second-order valence-corrected chi connectivity index (χ2v) is 5.48. The van der Waals surface area contributed by atoms with Crippen molar-refractivity contribution in [2.45, 2.75) is 24.3 Å². The zero-order chi connectivity index (χ0) is 16.0. The van der Waals surface area contributed by atoms with Crippen LogP contribution in [0.2, 0.25) is 5.02 Å². The highest BCUT2D eigenvalue weighted by Gasteiger charge is 2.19. The zero-order valence-electron chi connectivity index (χ0n) is 11.0. The average Bonchev–Trinajstić information content (AvgIpc) is 2.42. The van der Waals surface area contributed by atoms with Gasteiger partial charge in [0.15, 0.2) is 0 Å². The third-order valence-corrected chi connectivity index (χ3v) is 3.82. The molecule has 1 rings (SSSR count). The molecule has 1 amide bonds. The van der Waals surface area contributed by atoms with Crippen molar-refractivity contribution < 1.29 is 19.6 Å². The second kappa shape index (κ2) is 7.84. The van der Waals surface area contributed by atoms with Gasteiger partial charge in [-0.15, -0.1) is 11.8 Å². The van der Waals surface area contributed by atoms with Crippen LogP contribution in [0, 0.1) is 10.1 Å². The van der Waals surface area contributed by atoms with E-state index in [0.29, 0.717) is 4.90 Å². The topological polar surface area (TPSA) is 110 Å². The largest absolute Gasteiger partial charge is 0.480 e. The van der Waals surface area contributed by atoms with E-state index in [2.05, 4.69) is 5.32 Å². The lowest BCUT2D eigenvalue weighted by Crippen LogP contribution is -2.41. The maximum Gasteiger partial charge on any atom is 0.326 e. The molecular weight excluding hydrogens is 320 g/mol. The van der Waals surface area contributed by atoms with E-state index in [4.69, 9.17) is 16.7 Å². The summed E-state index contributed by atoms with van der Waals surface area (Å²) in [5.74, 6) is -1.74. The van der Waals surface area contributed by atoms with Crippen molar-refractivity contribution in [1.82, 2.24) is 5.32 Å². The van der Waals surface area contributed by atoms with E-state index in [1.165, 1.54) is 18.2 Å². The van der Waals surface area contributed by atoms with Crippen molar-refractivity contribution in [3.8, 4) is 0 Å². The van der Waals surface area contributed by atoms with Crippen molar-refractivity contribution >= 4 is 40.9 Å². The van der Waals surface area contributed by atoms with E-state index in [9.17, 15) is 19.7 Å². The summed E-state index contributed by atoms with van der Waals surface area (Å²) in [5, 5.41) is 22.3. The van der Waals surface area contributed by atoms with Gasteiger partial charge >= 0.3 is 5.97 Å². The van der Waals surface area contributed by atoms with E-state index in [1.807, 2.05) is 0 Å². The SMILES string of the molecule is CCC(NC(=O)CSc1ccc(Cl)cc1[N+](=O)[O-])C(=O)O. The fourth-order valence-electron chi connectivity index (χ4n) is 1.47. The minimum atomic E-state index is -1.12. The summed E-state index contributed by atoms with van der Waals surface area (Å²) in [4.78, 5) is 33.0. The van der Waals surface area contributed by atoms with Crippen LogP contribution >= 0.6 is 23.4 Å². The molecule has 0 aromatic heterocycles. The number of rotatable bonds is 7. The predicted octanol–water partition coefficient (Wildman–Crippen LogP) is 2.32. The van der Waals surface area contributed by atoms with Gasteiger partial charge in [0.05, 0.1) is 15.6 Å². The number of carbonyl (C=O) groups excluding carboxylic acids is 1. The Morgan fingerprint density at radius 3 is 2.71 bits per heavy atom. The summed E-state index contributed by atoms with van der Waals surface area (Å²) in [6.45, 7) is 1.64. The Labute approximate surface area is 129 Å².